The molecule has 20 heavy (non-hydrogen) atoms. The molecule has 2 aliphatic rings. The Morgan fingerprint density at radius 1 is 1.15 bits per heavy atom. The minimum absolute atomic E-state index is 0.552. The summed E-state index contributed by atoms with van der Waals surface area (Å²) in [7, 11) is 0. The fourth-order valence-corrected chi connectivity index (χ4v) is 3.98. The van der Waals surface area contributed by atoms with Gasteiger partial charge in [-0.15, -0.1) is 0 Å². The van der Waals surface area contributed by atoms with E-state index in [1.165, 1.54) is 58.0 Å². The van der Waals surface area contributed by atoms with Crippen molar-refractivity contribution >= 4 is 0 Å². The largest absolute Gasteiger partial charge is 0.314 e. The summed E-state index contributed by atoms with van der Waals surface area (Å²) in [5, 5.41) is 3.77. The second-order valence-corrected chi connectivity index (χ2v) is 7.91. The zero-order valence-corrected chi connectivity index (χ0v) is 14.3. The maximum Gasteiger partial charge on any atom is 0.0108 e. The number of hydrogen-bond acceptors (Lipinski definition) is 2. The topological polar surface area (TPSA) is 15.3 Å². The van der Waals surface area contributed by atoms with Crippen molar-refractivity contribution in [2.45, 2.75) is 84.7 Å². The summed E-state index contributed by atoms with van der Waals surface area (Å²) in [4.78, 5) is 2.82. The van der Waals surface area contributed by atoms with Crippen molar-refractivity contribution < 1.29 is 0 Å². The fraction of sp³-hybridized carbons (Fsp3) is 1.00. The van der Waals surface area contributed by atoms with Crippen LogP contribution in [-0.2, 0) is 0 Å². The first-order chi connectivity index (χ1) is 9.55. The van der Waals surface area contributed by atoms with Crippen molar-refractivity contribution in [3.63, 3.8) is 0 Å². The van der Waals surface area contributed by atoms with Crippen LogP contribution < -0.4 is 5.32 Å². The van der Waals surface area contributed by atoms with E-state index in [1.807, 2.05) is 0 Å². The van der Waals surface area contributed by atoms with Gasteiger partial charge in [-0.3, -0.25) is 0 Å². The van der Waals surface area contributed by atoms with E-state index in [9.17, 15) is 0 Å². The van der Waals surface area contributed by atoms with Crippen LogP contribution in [0.3, 0.4) is 0 Å². The number of rotatable bonds is 8. The average molecular weight is 281 g/mol. The number of unbranched alkanes of at least 4 members (excludes halogenated alkanes) is 1. The lowest BCUT2D eigenvalue weighted by atomic mass is 9.69. The molecule has 2 atom stereocenters. The maximum absolute atomic E-state index is 3.77. The van der Waals surface area contributed by atoms with E-state index < -0.39 is 0 Å². The predicted molar refractivity (Wildman–Crippen MR) is 88.1 cm³/mol. The van der Waals surface area contributed by atoms with E-state index >= 15 is 0 Å². The van der Waals surface area contributed by atoms with Gasteiger partial charge in [0.2, 0.25) is 0 Å². The molecule has 0 saturated heterocycles. The van der Waals surface area contributed by atoms with Crippen LogP contribution in [0.2, 0.25) is 0 Å². The third kappa shape index (κ3) is 4.73. The molecule has 2 rings (SSSR count). The van der Waals surface area contributed by atoms with E-state index in [-0.39, 0.29) is 0 Å². The Kier molecular flexibility index (Phi) is 5.92. The zero-order chi connectivity index (χ0) is 14.6. The van der Waals surface area contributed by atoms with Crippen molar-refractivity contribution in [1.82, 2.24) is 10.2 Å². The highest BCUT2D eigenvalue weighted by Gasteiger charge is 2.37. The zero-order valence-electron chi connectivity index (χ0n) is 14.3. The van der Waals surface area contributed by atoms with Crippen molar-refractivity contribution in [2.24, 2.45) is 11.3 Å². The Morgan fingerprint density at radius 2 is 1.90 bits per heavy atom. The standard InChI is InChI=1S/C18H36N2/c1-5-7-12-20(16-8-9-16)14-15-13-18(3,4)11-10-17(15)19-6-2/h15-17,19H,5-14H2,1-4H3. The molecule has 118 valence electrons. The fourth-order valence-electron chi connectivity index (χ4n) is 3.98. The molecule has 0 bridgehead atoms. The van der Waals surface area contributed by atoms with Gasteiger partial charge < -0.3 is 10.2 Å². The molecule has 0 aromatic heterocycles. The summed E-state index contributed by atoms with van der Waals surface area (Å²) in [5.74, 6) is 0.858. The van der Waals surface area contributed by atoms with E-state index in [0.717, 1.165) is 24.5 Å². The quantitative estimate of drug-likeness (QED) is 0.721. The number of nitrogens with one attached hydrogen (secondary N) is 1. The summed E-state index contributed by atoms with van der Waals surface area (Å²) >= 11 is 0. The first-order valence-electron chi connectivity index (χ1n) is 9.03. The Hall–Kier alpha value is -0.0800. The SMILES string of the molecule is CCCCN(CC1CC(C)(C)CCC1NCC)C1CC1. The highest BCUT2D eigenvalue weighted by atomic mass is 15.2. The minimum Gasteiger partial charge on any atom is -0.314 e. The Bertz CT molecular complexity index is 283. The van der Waals surface area contributed by atoms with Crippen molar-refractivity contribution in [3.05, 3.63) is 0 Å². The van der Waals surface area contributed by atoms with E-state index in [0.29, 0.717) is 5.41 Å². The predicted octanol–water partition coefficient (Wildman–Crippen LogP) is 4.06. The molecular weight excluding hydrogens is 244 g/mol. The molecule has 2 fully saturated rings. The lowest BCUT2D eigenvalue weighted by Gasteiger charge is -2.43. The molecule has 2 heteroatoms. The average Bonchev–Trinajstić information content (AvgIpc) is 3.21. The van der Waals surface area contributed by atoms with Crippen LogP contribution in [0, 0.1) is 11.3 Å². The smallest absolute Gasteiger partial charge is 0.0108 e. The molecular formula is C18H36N2. The van der Waals surface area contributed by atoms with Gasteiger partial charge in [-0.25, -0.2) is 0 Å². The molecule has 1 N–H and O–H groups in total. The minimum atomic E-state index is 0.552. The molecule has 0 aliphatic heterocycles. The van der Waals surface area contributed by atoms with Crippen LogP contribution >= 0.6 is 0 Å². The lowest BCUT2D eigenvalue weighted by Crippen LogP contribution is -2.48. The molecule has 0 radical (unpaired) electrons. The number of nitrogens with zero attached hydrogens (tertiary/aromatic N) is 1. The van der Waals surface area contributed by atoms with Crippen molar-refractivity contribution in [3.8, 4) is 0 Å². The van der Waals surface area contributed by atoms with Crippen molar-refractivity contribution in [1.29, 1.82) is 0 Å². The highest BCUT2D eigenvalue weighted by Crippen LogP contribution is 2.40. The van der Waals surface area contributed by atoms with Crippen LogP contribution in [0.5, 0.6) is 0 Å². The summed E-state index contributed by atoms with van der Waals surface area (Å²) in [5.41, 5.74) is 0.552. The molecule has 0 spiro atoms. The van der Waals surface area contributed by atoms with Crippen LogP contribution in [0.25, 0.3) is 0 Å². The van der Waals surface area contributed by atoms with E-state index in [2.05, 4.69) is 37.9 Å². The summed E-state index contributed by atoms with van der Waals surface area (Å²) in [6.07, 6.45) is 9.77. The monoisotopic (exact) mass is 280 g/mol. The molecule has 2 unspecified atom stereocenters. The number of hydrogen-bond donors (Lipinski definition) is 1. The third-order valence-corrected chi connectivity index (χ3v) is 5.31. The van der Waals surface area contributed by atoms with Crippen LogP contribution in [0.1, 0.15) is 72.6 Å². The van der Waals surface area contributed by atoms with Gasteiger partial charge in [0.25, 0.3) is 0 Å². The second-order valence-electron chi connectivity index (χ2n) is 7.91. The van der Waals surface area contributed by atoms with Crippen molar-refractivity contribution in [2.75, 3.05) is 19.6 Å². The Balaban J connectivity index is 1.93. The van der Waals surface area contributed by atoms with Gasteiger partial charge in [-0.2, -0.15) is 0 Å². The summed E-state index contributed by atoms with van der Waals surface area (Å²) < 4.78 is 0. The second kappa shape index (κ2) is 7.26. The first kappa shape index (κ1) is 16.3. The third-order valence-electron chi connectivity index (χ3n) is 5.31. The van der Waals surface area contributed by atoms with Gasteiger partial charge >= 0.3 is 0 Å². The van der Waals surface area contributed by atoms with Crippen LogP contribution in [0.4, 0.5) is 0 Å². The maximum atomic E-state index is 3.77. The molecule has 0 aromatic rings. The van der Waals surface area contributed by atoms with E-state index in [1.54, 1.807) is 0 Å². The molecule has 0 aromatic carbocycles. The molecule has 2 nitrogen and oxygen atoms in total. The molecule has 2 saturated carbocycles. The van der Waals surface area contributed by atoms with Gasteiger partial charge in [0, 0.05) is 18.6 Å². The molecule has 0 amide bonds. The van der Waals surface area contributed by atoms with Crippen LogP contribution in [-0.4, -0.2) is 36.6 Å². The molecule has 2 aliphatic carbocycles. The summed E-state index contributed by atoms with van der Waals surface area (Å²) in [6.45, 7) is 13.3. The molecule has 0 heterocycles. The first-order valence-corrected chi connectivity index (χ1v) is 9.03. The van der Waals surface area contributed by atoms with E-state index in [4.69, 9.17) is 0 Å². The Labute approximate surface area is 126 Å². The van der Waals surface area contributed by atoms with Gasteiger partial charge in [-0.05, 0) is 62.9 Å². The van der Waals surface area contributed by atoms with Gasteiger partial charge in [0.15, 0.2) is 0 Å². The van der Waals surface area contributed by atoms with Gasteiger partial charge in [0.1, 0.15) is 0 Å². The van der Waals surface area contributed by atoms with Gasteiger partial charge in [0.05, 0.1) is 0 Å². The Morgan fingerprint density at radius 3 is 2.50 bits per heavy atom. The normalized spacial score (nSPS) is 29.9. The highest BCUT2D eigenvalue weighted by molar-refractivity contribution is 4.93. The summed E-state index contributed by atoms with van der Waals surface area (Å²) in [6, 6.07) is 1.68. The van der Waals surface area contributed by atoms with Crippen LogP contribution in [0.15, 0.2) is 0 Å². The lowest BCUT2D eigenvalue weighted by molar-refractivity contribution is 0.0967. The van der Waals surface area contributed by atoms with Gasteiger partial charge in [-0.1, -0.05) is 34.1 Å².